The van der Waals surface area contributed by atoms with Crippen LogP contribution in [0.15, 0.2) is 28.9 Å². The van der Waals surface area contributed by atoms with Crippen molar-refractivity contribution in [2.75, 3.05) is 6.54 Å². The number of hydrogen-bond donors (Lipinski definition) is 2. The van der Waals surface area contributed by atoms with Gasteiger partial charge in [-0.3, -0.25) is 9.59 Å². The minimum Gasteiger partial charge on any atom is -0.400 e. The highest BCUT2D eigenvalue weighted by Gasteiger charge is 2.52. The second-order valence-corrected chi connectivity index (χ2v) is 7.44. The van der Waals surface area contributed by atoms with Crippen molar-refractivity contribution < 1.29 is 14.1 Å². The van der Waals surface area contributed by atoms with Crippen LogP contribution in [0.25, 0.3) is 11.6 Å². The lowest BCUT2D eigenvalue weighted by atomic mass is 9.77. The molecule has 0 saturated carbocycles. The van der Waals surface area contributed by atoms with Gasteiger partial charge in [-0.2, -0.15) is 5.10 Å². The van der Waals surface area contributed by atoms with Crippen molar-refractivity contribution in [3.8, 4) is 0 Å². The molecule has 1 amide bonds. The molecule has 138 valence electrons. The van der Waals surface area contributed by atoms with Crippen molar-refractivity contribution in [1.29, 1.82) is 0 Å². The molecule has 1 aliphatic rings. The van der Waals surface area contributed by atoms with Gasteiger partial charge in [0.05, 0.1) is 11.2 Å². The van der Waals surface area contributed by atoms with Gasteiger partial charge in [0.25, 0.3) is 5.56 Å². The lowest BCUT2D eigenvalue weighted by Gasteiger charge is -2.32. The molecule has 2 aromatic rings. The van der Waals surface area contributed by atoms with Crippen LogP contribution in [-0.2, 0) is 14.1 Å². The second kappa shape index (κ2) is 6.41. The van der Waals surface area contributed by atoms with E-state index >= 15 is 0 Å². The SMILES string of the molecule is CC(=O)NCC(=Cc1cc2c(=O)[nH]cnn2c1)B1OC(C)(C)C(C)(C)O1. The molecule has 1 fully saturated rings. The van der Waals surface area contributed by atoms with Crippen molar-refractivity contribution in [3.05, 3.63) is 40.0 Å². The third kappa shape index (κ3) is 3.45. The Morgan fingerprint density at radius 1 is 1.35 bits per heavy atom. The van der Waals surface area contributed by atoms with E-state index in [9.17, 15) is 9.59 Å². The second-order valence-electron chi connectivity index (χ2n) is 7.44. The van der Waals surface area contributed by atoms with Gasteiger partial charge in [-0.05, 0) is 44.8 Å². The first-order valence-corrected chi connectivity index (χ1v) is 8.46. The molecule has 3 heterocycles. The average molecular weight is 358 g/mol. The monoisotopic (exact) mass is 358 g/mol. The number of H-pyrrole nitrogens is 1. The number of carbonyl (C=O) groups excluding carboxylic acids is 1. The van der Waals surface area contributed by atoms with Crippen LogP contribution in [0.5, 0.6) is 0 Å². The molecule has 0 radical (unpaired) electrons. The summed E-state index contributed by atoms with van der Waals surface area (Å²) in [5, 5.41) is 6.87. The van der Waals surface area contributed by atoms with E-state index in [0.717, 1.165) is 11.0 Å². The maximum absolute atomic E-state index is 11.9. The third-order valence-electron chi connectivity index (χ3n) is 4.88. The Kier molecular flexibility index (Phi) is 4.53. The number of aromatic nitrogens is 3. The molecular weight excluding hydrogens is 335 g/mol. The highest BCUT2D eigenvalue weighted by Crippen LogP contribution is 2.38. The van der Waals surface area contributed by atoms with E-state index in [1.807, 2.05) is 33.8 Å². The van der Waals surface area contributed by atoms with Crippen molar-refractivity contribution in [1.82, 2.24) is 19.9 Å². The summed E-state index contributed by atoms with van der Waals surface area (Å²) in [4.78, 5) is 25.8. The smallest absolute Gasteiger partial charge is 0.400 e. The van der Waals surface area contributed by atoms with Crippen LogP contribution in [0, 0.1) is 0 Å². The van der Waals surface area contributed by atoms with Crippen LogP contribution >= 0.6 is 0 Å². The number of nitrogens with one attached hydrogen (secondary N) is 2. The fraction of sp³-hybridized carbons (Fsp3) is 0.471. The highest BCUT2D eigenvalue weighted by molar-refractivity contribution is 6.56. The van der Waals surface area contributed by atoms with Gasteiger partial charge in [-0.1, -0.05) is 6.08 Å². The summed E-state index contributed by atoms with van der Waals surface area (Å²) >= 11 is 0. The molecule has 26 heavy (non-hydrogen) atoms. The van der Waals surface area contributed by atoms with Crippen molar-refractivity contribution in [2.24, 2.45) is 0 Å². The Hall–Kier alpha value is -2.39. The molecule has 9 heteroatoms. The number of rotatable bonds is 4. The van der Waals surface area contributed by atoms with Gasteiger partial charge in [0, 0.05) is 19.7 Å². The maximum atomic E-state index is 11.9. The number of carbonyl (C=O) groups is 1. The van der Waals surface area contributed by atoms with Gasteiger partial charge in [-0.25, -0.2) is 4.52 Å². The van der Waals surface area contributed by atoms with E-state index in [2.05, 4.69) is 15.4 Å². The summed E-state index contributed by atoms with van der Waals surface area (Å²) in [6, 6.07) is 1.73. The molecular formula is C17H23BN4O4. The Bertz CT molecular complexity index is 912. The van der Waals surface area contributed by atoms with Crippen LogP contribution in [0.4, 0.5) is 0 Å². The number of nitrogens with zero attached hydrogens (tertiary/aromatic N) is 2. The van der Waals surface area contributed by atoms with Crippen molar-refractivity contribution >= 4 is 24.6 Å². The first-order chi connectivity index (χ1) is 12.1. The molecule has 8 nitrogen and oxygen atoms in total. The van der Waals surface area contributed by atoms with E-state index in [1.54, 1.807) is 12.3 Å². The van der Waals surface area contributed by atoms with Crippen LogP contribution < -0.4 is 10.9 Å². The number of hydrogen-bond acceptors (Lipinski definition) is 5. The summed E-state index contributed by atoms with van der Waals surface area (Å²) in [5.41, 5.74) is 0.759. The van der Waals surface area contributed by atoms with E-state index in [0.29, 0.717) is 5.52 Å². The summed E-state index contributed by atoms with van der Waals surface area (Å²) in [6.45, 7) is 9.62. The predicted octanol–water partition coefficient (Wildman–Crippen LogP) is 1.17. The quantitative estimate of drug-likeness (QED) is 0.800. The molecule has 0 aromatic carbocycles. The van der Waals surface area contributed by atoms with E-state index in [1.165, 1.54) is 17.8 Å². The standard InChI is InChI=1S/C17H23BN4O4/c1-11(23)19-8-13(18-25-16(2,3)17(4,5)26-18)6-12-7-14-15(24)20-10-21-22(14)9-12/h6-7,9-10H,8H2,1-5H3,(H,19,23)(H,20,21,24). The molecule has 2 aromatic heterocycles. The van der Waals surface area contributed by atoms with Crippen LogP contribution in [0.1, 0.15) is 40.2 Å². The first-order valence-electron chi connectivity index (χ1n) is 8.46. The molecule has 0 bridgehead atoms. The fourth-order valence-electron chi connectivity index (χ4n) is 2.68. The maximum Gasteiger partial charge on any atom is 0.492 e. The molecule has 0 aliphatic carbocycles. The normalized spacial score (nSPS) is 19.1. The average Bonchev–Trinajstić information content (AvgIpc) is 3.02. The zero-order valence-corrected chi connectivity index (χ0v) is 15.6. The largest absolute Gasteiger partial charge is 0.492 e. The molecule has 0 unspecified atom stereocenters. The minimum atomic E-state index is -0.596. The Labute approximate surface area is 151 Å². The van der Waals surface area contributed by atoms with Gasteiger partial charge < -0.3 is 19.6 Å². The first kappa shape index (κ1) is 18.4. The minimum absolute atomic E-state index is 0.146. The van der Waals surface area contributed by atoms with Crippen LogP contribution in [0.2, 0.25) is 0 Å². The van der Waals surface area contributed by atoms with Crippen LogP contribution in [-0.4, -0.2) is 45.4 Å². The predicted molar refractivity (Wildman–Crippen MR) is 98.6 cm³/mol. The van der Waals surface area contributed by atoms with E-state index in [4.69, 9.17) is 9.31 Å². The zero-order chi connectivity index (χ0) is 19.1. The molecule has 1 saturated heterocycles. The molecule has 2 N–H and O–H groups in total. The van der Waals surface area contributed by atoms with Gasteiger partial charge in [0.1, 0.15) is 11.8 Å². The Morgan fingerprint density at radius 2 is 2.00 bits per heavy atom. The highest BCUT2D eigenvalue weighted by atomic mass is 16.7. The van der Waals surface area contributed by atoms with E-state index in [-0.39, 0.29) is 18.0 Å². The van der Waals surface area contributed by atoms with Gasteiger partial charge in [-0.15, -0.1) is 0 Å². The summed E-state index contributed by atoms with van der Waals surface area (Å²) in [6.07, 6.45) is 4.94. The number of aromatic amines is 1. The molecule has 0 spiro atoms. The third-order valence-corrected chi connectivity index (χ3v) is 4.88. The van der Waals surface area contributed by atoms with Crippen molar-refractivity contribution in [3.63, 3.8) is 0 Å². The zero-order valence-electron chi connectivity index (χ0n) is 15.6. The lowest BCUT2D eigenvalue weighted by Crippen LogP contribution is -2.41. The molecule has 3 rings (SSSR count). The number of amides is 1. The van der Waals surface area contributed by atoms with Gasteiger partial charge in [0.15, 0.2) is 0 Å². The molecule has 1 aliphatic heterocycles. The van der Waals surface area contributed by atoms with Gasteiger partial charge in [0.2, 0.25) is 5.91 Å². The topological polar surface area (TPSA) is 97.7 Å². The van der Waals surface area contributed by atoms with Gasteiger partial charge >= 0.3 is 7.12 Å². The summed E-state index contributed by atoms with van der Waals surface area (Å²) in [7, 11) is -0.596. The number of fused-ring (bicyclic) bond motifs is 1. The Morgan fingerprint density at radius 3 is 2.58 bits per heavy atom. The Balaban J connectivity index is 1.97. The van der Waals surface area contributed by atoms with E-state index < -0.39 is 18.3 Å². The summed E-state index contributed by atoms with van der Waals surface area (Å²) in [5.74, 6) is -0.146. The fourth-order valence-corrected chi connectivity index (χ4v) is 2.68. The van der Waals surface area contributed by atoms with Crippen molar-refractivity contribution in [2.45, 2.75) is 45.8 Å². The van der Waals surface area contributed by atoms with Crippen LogP contribution in [0.3, 0.4) is 0 Å². The summed E-state index contributed by atoms with van der Waals surface area (Å²) < 4.78 is 13.7. The molecule has 0 atom stereocenters. The lowest BCUT2D eigenvalue weighted by molar-refractivity contribution is -0.118.